The lowest BCUT2D eigenvalue weighted by molar-refractivity contribution is -0.146. The van der Waals surface area contributed by atoms with E-state index in [1.165, 1.54) is 87.4 Å². The van der Waals surface area contributed by atoms with Crippen LogP contribution in [0.3, 0.4) is 0 Å². The highest BCUT2D eigenvalue weighted by atomic mass is 28.4. The Morgan fingerprint density at radius 3 is 1.67 bits per heavy atom. The summed E-state index contributed by atoms with van der Waals surface area (Å²) in [6, 6.07) is 21.1. The van der Waals surface area contributed by atoms with Gasteiger partial charge in [-0.2, -0.15) is 0 Å². The second-order valence-electron chi connectivity index (χ2n) is 14.6. The average molecular weight is 603 g/mol. The molecule has 2 saturated carbocycles. The van der Waals surface area contributed by atoms with Crippen molar-refractivity contribution in [2.75, 3.05) is 6.61 Å². The molecule has 4 heteroatoms. The molecular formula is C39H58O3Si. The van der Waals surface area contributed by atoms with Gasteiger partial charge < -0.3 is 9.16 Å². The number of hydrogen-bond acceptors (Lipinski definition) is 3. The van der Waals surface area contributed by atoms with Crippen LogP contribution in [0.4, 0.5) is 0 Å². The third-order valence-corrected chi connectivity index (χ3v) is 15.4. The average Bonchev–Trinajstić information content (AvgIpc) is 3.02. The van der Waals surface area contributed by atoms with Crippen molar-refractivity contribution in [1.29, 1.82) is 0 Å². The van der Waals surface area contributed by atoms with Crippen molar-refractivity contribution in [1.82, 2.24) is 0 Å². The Bertz CT molecular complexity index is 1070. The van der Waals surface area contributed by atoms with E-state index in [1.54, 1.807) is 0 Å². The van der Waals surface area contributed by atoms with Crippen molar-refractivity contribution in [2.45, 2.75) is 129 Å². The summed E-state index contributed by atoms with van der Waals surface area (Å²) in [7, 11) is -2.72. The van der Waals surface area contributed by atoms with Gasteiger partial charge in [-0.15, -0.1) is 0 Å². The number of esters is 1. The highest BCUT2D eigenvalue weighted by Gasteiger charge is 2.50. The van der Waals surface area contributed by atoms with Crippen molar-refractivity contribution in [3.05, 3.63) is 72.8 Å². The Kier molecular flexibility index (Phi) is 12.7. The van der Waals surface area contributed by atoms with E-state index in [1.807, 2.05) is 12.1 Å². The lowest BCUT2D eigenvalue weighted by atomic mass is 9.76. The van der Waals surface area contributed by atoms with Gasteiger partial charge in [-0.1, -0.05) is 159 Å². The smallest absolute Gasteiger partial charge is 0.335 e. The standard InChI is InChI=1S/C39H58O3Si/c1-6-7-10-15-32-20-22-33(23-21-32)24-25-34-26-28-35(29-27-34)42-38(40)31(2)30-41-43(39(3,4)5,36-16-11-8-12-17-36)37-18-13-9-14-19-37/h8-9,11-14,16-19,32-35H,2,6-7,10,15,20-30H2,1,3-5H3. The Morgan fingerprint density at radius 1 is 0.744 bits per heavy atom. The third kappa shape index (κ3) is 9.17. The molecule has 0 radical (unpaired) electrons. The number of ether oxygens (including phenoxy) is 1. The molecule has 2 aromatic carbocycles. The van der Waals surface area contributed by atoms with Crippen molar-refractivity contribution >= 4 is 24.7 Å². The molecule has 0 atom stereocenters. The molecule has 0 unspecified atom stereocenters. The second-order valence-corrected chi connectivity index (χ2v) is 18.9. The van der Waals surface area contributed by atoms with Gasteiger partial charge in [-0.3, -0.25) is 0 Å². The first-order valence-corrected chi connectivity index (χ1v) is 19.3. The molecule has 0 saturated heterocycles. The minimum atomic E-state index is -2.72. The summed E-state index contributed by atoms with van der Waals surface area (Å²) in [6.45, 7) is 13.4. The summed E-state index contributed by atoms with van der Waals surface area (Å²) < 4.78 is 12.9. The predicted molar refractivity (Wildman–Crippen MR) is 183 cm³/mol. The summed E-state index contributed by atoms with van der Waals surface area (Å²) in [5.41, 5.74) is 0.417. The normalized spacial score (nSPS) is 23.1. The fourth-order valence-electron chi connectivity index (χ4n) is 7.75. The van der Waals surface area contributed by atoms with Crippen molar-refractivity contribution in [2.24, 2.45) is 17.8 Å². The molecule has 2 aliphatic rings. The zero-order valence-corrected chi connectivity index (χ0v) is 28.6. The first kappa shape index (κ1) is 33.7. The molecule has 2 aliphatic carbocycles. The molecule has 0 heterocycles. The monoisotopic (exact) mass is 602 g/mol. The van der Waals surface area contributed by atoms with E-state index in [4.69, 9.17) is 9.16 Å². The van der Waals surface area contributed by atoms with Crippen LogP contribution in [0.5, 0.6) is 0 Å². The highest BCUT2D eigenvalue weighted by Crippen LogP contribution is 2.38. The summed E-state index contributed by atoms with van der Waals surface area (Å²) in [5.74, 6) is 2.44. The molecule has 0 spiro atoms. The van der Waals surface area contributed by atoms with Crippen molar-refractivity contribution in [3.8, 4) is 0 Å². The van der Waals surface area contributed by atoms with E-state index >= 15 is 0 Å². The van der Waals surface area contributed by atoms with E-state index < -0.39 is 8.32 Å². The van der Waals surface area contributed by atoms with Gasteiger partial charge in [0.25, 0.3) is 8.32 Å². The summed E-state index contributed by atoms with van der Waals surface area (Å²) >= 11 is 0. The van der Waals surface area contributed by atoms with Crippen LogP contribution >= 0.6 is 0 Å². The van der Waals surface area contributed by atoms with Crippen LogP contribution in [0.25, 0.3) is 0 Å². The number of carbonyl (C=O) groups excluding carboxylic acids is 1. The quantitative estimate of drug-likeness (QED) is 0.0935. The molecule has 0 amide bonds. The maximum absolute atomic E-state index is 13.2. The van der Waals surface area contributed by atoms with Gasteiger partial charge >= 0.3 is 5.97 Å². The van der Waals surface area contributed by atoms with E-state index in [0.29, 0.717) is 5.57 Å². The zero-order valence-electron chi connectivity index (χ0n) is 27.6. The second kappa shape index (κ2) is 16.2. The first-order chi connectivity index (χ1) is 20.7. The number of unbranched alkanes of at least 4 members (excludes halogenated alkanes) is 2. The Hall–Kier alpha value is -2.17. The van der Waals surface area contributed by atoms with E-state index in [0.717, 1.165) is 30.6 Å². The van der Waals surface area contributed by atoms with Crippen LogP contribution in [0.1, 0.15) is 118 Å². The van der Waals surface area contributed by atoms with Crippen LogP contribution in [0.2, 0.25) is 5.04 Å². The van der Waals surface area contributed by atoms with Gasteiger partial charge in [-0.05, 0) is 58.8 Å². The first-order valence-electron chi connectivity index (χ1n) is 17.4. The molecule has 2 fully saturated rings. The summed E-state index contributed by atoms with van der Waals surface area (Å²) in [4.78, 5) is 13.2. The molecule has 0 bridgehead atoms. The van der Waals surface area contributed by atoms with Crippen LogP contribution in [0.15, 0.2) is 72.8 Å². The van der Waals surface area contributed by atoms with E-state index in [9.17, 15) is 4.79 Å². The molecule has 2 aromatic rings. The fraction of sp³-hybridized carbons (Fsp3) is 0.615. The molecule has 0 aliphatic heterocycles. The van der Waals surface area contributed by atoms with Crippen LogP contribution in [-0.4, -0.2) is 27.0 Å². The number of rotatable bonds is 14. The number of hydrogen-bond donors (Lipinski definition) is 0. The lowest BCUT2D eigenvalue weighted by Crippen LogP contribution is -2.66. The number of carbonyl (C=O) groups is 1. The van der Waals surface area contributed by atoms with Crippen molar-refractivity contribution < 1.29 is 14.0 Å². The maximum atomic E-state index is 13.2. The van der Waals surface area contributed by atoms with Gasteiger partial charge in [0.1, 0.15) is 6.10 Å². The van der Waals surface area contributed by atoms with Crippen LogP contribution in [-0.2, 0) is 14.0 Å². The largest absolute Gasteiger partial charge is 0.459 e. The van der Waals surface area contributed by atoms with Crippen molar-refractivity contribution in [3.63, 3.8) is 0 Å². The van der Waals surface area contributed by atoms with Gasteiger partial charge in [-0.25, -0.2) is 4.79 Å². The Morgan fingerprint density at radius 2 is 1.21 bits per heavy atom. The maximum Gasteiger partial charge on any atom is 0.335 e. The summed E-state index contributed by atoms with van der Waals surface area (Å²) in [6.07, 6.45) is 18.5. The topological polar surface area (TPSA) is 35.5 Å². The predicted octanol–water partition coefficient (Wildman–Crippen LogP) is 9.39. The van der Waals surface area contributed by atoms with Gasteiger partial charge in [0.2, 0.25) is 0 Å². The minimum Gasteiger partial charge on any atom is -0.459 e. The fourth-order valence-corrected chi connectivity index (χ4v) is 12.3. The molecule has 236 valence electrons. The summed E-state index contributed by atoms with van der Waals surface area (Å²) in [5, 5.41) is 2.26. The highest BCUT2D eigenvalue weighted by molar-refractivity contribution is 6.99. The molecule has 0 aromatic heterocycles. The Balaban J connectivity index is 1.24. The molecule has 43 heavy (non-hydrogen) atoms. The zero-order chi connectivity index (χ0) is 30.7. The van der Waals surface area contributed by atoms with Gasteiger partial charge in [0.15, 0.2) is 0 Å². The number of benzene rings is 2. The lowest BCUT2D eigenvalue weighted by Gasteiger charge is -2.43. The third-order valence-electron chi connectivity index (χ3n) is 10.4. The minimum absolute atomic E-state index is 0.00641. The van der Waals surface area contributed by atoms with E-state index in [-0.39, 0.29) is 23.7 Å². The van der Waals surface area contributed by atoms with Gasteiger partial charge in [0.05, 0.1) is 12.2 Å². The molecule has 4 rings (SSSR count). The van der Waals surface area contributed by atoms with Crippen LogP contribution in [0, 0.1) is 17.8 Å². The molecule has 3 nitrogen and oxygen atoms in total. The SMILES string of the molecule is C=C(CO[Si](c1ccccc1)(c1ccccc1)C(C)(C)C)C(=O)OC1CCC(CCC2CCC(CCCCC)CC2)CC1. The molecular weight excluding hydrogens is 545 g/mol. The molecule has 0 N–H and O–H groups in total. The van der Waals surface area contributed by atoms with Crippen LogP contribution < -0.4 is 10.4 Å². The Labute approximate surface area is 264 Å². The van der Waals surface area contributed by atoms with Gasteiger partial charge in [0, 0.05) is 0 Å². The van der Waals surface area contributed by atoms with E-state index in [2.05, 4.69) is 82.8 Å².